The predicted molar refractivity (Wildman–Crippen MR) is 102 cm³/mol. The number of ether oxygens (including phenoxy) is 1. The molecule has 0 aliphatic rings. The highest BCUT2D eigenvalue weighted by Gasteiger charge is 2.14. The summed E-state index contributed by atoms with van der Waals surface area (Å²) in [7, 11) is 0. The Morgan fingerprint density at radius 3 is 2.44 bits per heavy atom. The molecule has 0 aromatic heterocycles. The standard InChI is InChI=1S/C21H23N3O3/c1-2-27-18(12-13-23-20(25)16-8-4-3-5-9-16)15-24-21(26)19-11-7-6-10-17(19)14-22/h3-11,18H,2,12-13,15H2,1H3,(H,23,25)(H,24,26). The second-order valence-corrected chi connectivity index (χ2v) is 5.86. The van der Waals surface area contributed by atoms with Gasteiger partial charge in [0.2, 0.25) is 0 Å². The van der Waals surface area contributed by atoms with Crippen molar-refractivity contribution in [3.8, 4) is 6.07 Å². The van der Waals surface area contributed by atoms with Gasteiger partial charge in [-0.1, -0.05) is 30.3 Å². The average Bonchev–Trinajstić information content (AvgIpc) is 2.72. The predicted octanol–water partition coefficient (Wildman–Crippen LogP) is 2.51. The molecule has 2 amide bonds. The van der Waals surface area contributed by atoms with Gasteiger partial charge in [-0.25, -0.2) is 0 Å². The first-order valence-corrected chi connectivity index (χ1v) is 8.87. The molecule has 140 valence electrons. The fourth-order valence-electron chi connectivity index (χ4n) is 2.60. The Bertz CT molecular complexity index is 800. The average molecular weight is 365 g/mol. The van der Waals surface area contributed by atoms with Crippen molar-refractivity contribution in [1.29, 1.82) is 5.26 Å². The summed E-state index contributed by atoms with van der Waals surface area (Å²) < 4.78 is 5.64. The zero-order valence-electron chi connectivity index (χ0n) is 15.3. The largest absolute Gasteiger partial charge is 0.377 e. The third-order valence-corrected chi connectivity index (χ3v) is 3.97. The number of nitrogens with one attached hydrogen (secondary N) is 2. The van der Waals surface area contributed by atoms with Gasteiger partial charge < -0.3 is 15.4 Å². The molecule has 2 aromatic rings. The quantitative estimate of drug-likeness (QED) is 0.714. The fraction of sp³-hybridized carbons (Fsp3) is 0.286. The second-order valence-electron chi connectivity index (χ2n) is 5.86. The molecule has 1 atom stereocenters. The minimum atomic E-state index is -0.315. The highest BCUT2D eigenvalue weighted by molar-refractivity contribution is 5.96. The summed E-state index contributed by atoms with van der Waals surface area (Å²) in [5.41, 5.74) is 1.28. The first kappa shape index (κ1) is 20.1. The fourth-order valence-corrected chi connectivity index (χ4v) is 2.60. The van der Waals surface area contributed by atoms with E-state index in [1.807, 2.05) is 31.2 Å². The highest BCUT2D eigenvalue weighted by atomic mass is 16.5. The number of hydrogen-bond donors (Lipinski definition) is 2. The van der Waals surface area contributed by atoms with Gasteiger partial charge in [0.25, 0.3) is 11.8 Å². The summed E-state index contributed by atoms with van der Waals surface area (Å²) in [4.78, 5) is 24.4. The van der Waals surface area contributed by atoms with E-state index in [0.29, 0.717) is 42.8 Å². The number of rotatable bonds is 9. The van der Waals surface area contributed by atoms with Gasteiger partial charge in [0.1, 0.15) is 0 Å². The van der Waals surface area contributed by atoms with Crippen molar-refractivity contribution >= 4 is 11.8 Å². The summed E-state index contributed by atoms with van der Waals surface area (Å²) in [6.45, 7) is 3.11. The molecule has 27 heavy (non-hydrogen) atoms. The molecule has 0 bridgehead atoms. The van der Waals surface area contributed by atoms with Crippen LogP contribution in [0.3, 0.4) is 0 Å². The number of carbonyl (C=O) groups is 2. The number of nitrogens with zero attached hydrogens (tertiary/aromatic N) is 1. The molecular weight excluding hydrogens is 342 g/mol. The summed E-state index contributed by atoms with van der Waals surface area (Å²) in [5, 5.41) is 14.7. The maximum Gasteiger partial charge on any atom is 0.252 e. The minimum absolute atomic E-state index is 0.141. The molecule has 0 radical (unpaired) electrons. The van der Waals surface area contributed by atoms with Crippen LogP contribution in [0.2, 0.25) is 0 Å². The summed E-state index contributed by atoms with van der Waals surface area (Å²) >= 11 is 0. The molecule has 0 fully saturated rings. The van der Waals surface area contributed by atoms with Crippen molar-refractivity contribution in [2.24, 2.45) is 0 Å². The van der Waals surface area contributed by atoms with Gasteiger partial charge >= 0.3 is 0 Å². The Morgan fingerprint density at radius 1 is 1.04 bits per heavy atom. The van der Waals surface area contributed by atoms with Crippen molar-refractivity contribution in [2.45, 2.75) is 19.4 Å². The van der Waals surface area contributed by atoms with Crippen molar-refractivity contribution in [3.05, 3.63) is 71.3 Å². The molecule has 0 saturated carbocycles. The van der Waals surface area contributed by atoms with Crippen LogP contribution in [0, 0.1) is 11.3 Å². The lowest BCUT2D eigenvalue weighted by Gasteiger charge is -2.18. The van der Waals surface area contributed by atoms with Crippen LogP contribution in [0.15, 0.2) is 54.6 Å². The van der Waals surface area contributed by atoms with Gasteiger partial charge in [0, 0.05) is 25.3 Å². The van der Waals surface area contributed by atoms with E-state index in [4.69, 9.17) is 10.00 Å². The van der Waals surface area contributed by atoms with E-state index in [2.05, 4.69) is 10.6 Å². The maximum absolute atomic E-state index is 12.3. The molecule has 0 spiro atoms. The summed E-state index contributed by atoms with van der Waals surface area (Å²) in [6.07, 6.45) is 0.330. The van der Waals surface area contributed by atoms with Crippen LogP contribution >= 0.6 is 0 Å². The molecule has 2 N–H and O–H groups in total. The van der Waals surface area contributed by atoms with Crippen LogP contribution in [0.5, 0.6) is 0 Å². The molecule has 0 aliphatic heterocycles. The molecule has 6 heteroatoms. The molecular formula is C21H23N3O3. The van der Waals surface area contributed by atoms with E-state index in [9.17, 15) is 9.59 Å². The van der Waals surface area contributed by atoms with Gasteiger partial charge in [-0.3, -0.25) is 9.59 Å². The van der Waals surface area contributed by atoms with Gasteiger partial charge in [-0.2, -0.15) is 5.26 Å². The maximum atomic E-state index is 12.3. The molecule has 0 saturated heterocycles. The van der Waals surface area contributed by atoms with Crippen LogP contribution in [0.1, 0.15) is 39.6 Å². The second kappa shape index (κ2) is 10.7. The van der Waals surface area contributed by atoms with Crippen LogP contribution in [-0.2, 0) is 4.74 Å². The normalized spacial score (nSPS) is 11.3. The van der Waals surface area contributed by atoms with Crippen LogP contribution in [0.25, 0.3) is 0 Å². The van der Waals surface area contributed by atoms with E-state index < -0.39 is 0 Å². The number of nitriles is 1. The Kier molecular flexibility index (Phi) is 8.01. The Hall–Kier alpha value is -3.17. The smallest absolute Gasteiger partial charge is 0.252 e. The molecule has 1 unspecified atom stereocenters. The zero-order chi connectivity index (χ0) is 19.5. The lowest BCUT2D eigenvalue weighted by Crippen LogP contribution is -2.36. The van der Waals surface area contributed by atoms with Crippen molar-refractivity contribution in [1.82, 2.24) is 10.6 Å². The van der Waals surface area contributed by atoms with Crippen LogP contribution in [-0.4, -0.2) is 37.6 Å². The SMILES string of the molecule is CCOC(CCNC(=O)c1ccccc1)CNC(=O)c1ccccc1C#N. The number of hydrogen-bond acceptors (Lipinski definition) is 4. The Morgan fingerprint density at radius 2 is 1.74 bits per heavy atom. The monoisotopic (exact) mass is 365 g/mol. The topological polar surface area (TPSA) is 91.2 Å². The third kappa shape index (κ3) is 6.24. The van der Waals surface area contributed by atoms with E-state index in [1.54, 1.807) is 36.4 Å². The van der Waals surface area contributed by atoms with E-state index in [-0.39, 0.29) is 17.9 Å². The first-order valence-electron chi connectivity index (χ1n) is 8.87. The van der Waals surface area contributed by atoms with Gasteiger partial charge in [-0.05, 0) is 37.6 Å². The van der Waals surface area contributed by atoms with Crippen LogP contribution in [0.4, 0.5) is 0 Å². The van der Waals surface area contributed by atoms with Gasteiger partial charge in [0.05, 0.1) is 23.3 Å². The van der Waals surface area contributed by atoms with Crippen molar-refractivity contribution in [3.63, 3.8) is 0 Å². The van der Waals surface area contributed by atoms with E-state index in [0.717, 1.165) is 0 Å². The van der Waals surface area contributed by atoms with Crippen molar-refractivity contribution < 1.29 is 14.3 Å². The van der Waals surface area contributed by atoms with Crippen LogP contribution < -0.4 is 10.6 Å². The highest BCUT2D eigenvalue weighted by Crippen LogP contribution is 2.07. The molecule has 2 rings (SSSR count). The van der Waals surface area contributed by atoms with Gasteiger partial charge in [-0.15, -0.1) is 0 Å². The minimum Gasteiger partial charge on any atom is -0.377 e. The Labute approximate surface area is 159 Å². The molecule has 2 aromatic carbocycles. The Balaban J connectivity index is 1.83. The molecule has 0 heterocycles. The number of carbonyl (C=O) groups excluding carboxylic acids is 2. The van der Waals surface area contributed by atoms with Gasteiger partial charge in [0.15, 0.2) is 0 Å². The molecule has 0 aliphatic carbocycles. The van der Waals surface area contributed by atoms with E-state index >= 15 is 0 Å². The lowest BCUT2D eigenvalue weighted by molar-refractivity contribution is 0.0534. The van der Waals surface area contributed by atoms with Crippen molar-refractivity contribution in [2.75, 3.05) is 19.7 Å². The zero-order valence-corrected chi connectivity index (χ0v) is 15.3. The number of amides is 2. The third-order valence-electron chi connectivity index (χ3n) is 3.97. The lowest BCUT2D eigenvalue weighted by atomic mass is 10.1. The summed E-state index contributed by atoms with van der Waals surface area (Å²) in [6, 6.07) is 17.6. The summed E-state index contributed by atoms with van der Waals surface area (Å²) in [5.74, 6) is -0.456. The molecule has 6 nitrogen and oxygen atoms in total. The number of benzene rings is 2. The van der Waals surface area contributed by atoms with E-state index in [1.165, 1.54) is 0 Å². The first-order chi connectivity index (χ1) is 13.2.